The van der Waals surface area contributed by atoms with Crippen LogP contribution in [-0.4, -0.2) is 17.1 Å². The summed E-state index contributed by atoms with van der Waals surface area (Å²) in [5.41, 5.74) is 1.44. The summed E-state index contributed by atoms with van der Waals surface area (Å²) in [6.45, 7) is 0.225. The maximum Gasteiger partial charge on any atom is 0.416 e. The molecule has 0 aliphatic rings. The molecule has 0 saturated carbocycles. The molecule has 0 aliphatic heterocycles. The molecule has 0 aliphatic carbocycles. The van der Waals surface area contributed by atoms with Crippen LogP contribution in [0, 0.1) is 0 Å². The van der Waals surface area contributed by atoms with Crippen molar-refractivity contribution >= 4 is 5.82 Å². The quantitative estimate of drug-likeness (QED) is 0.712. The van der Waals surface area contributed by atoms with E-state index < -0.39 is 11.7 Å². The van der Waals surface area contributed by atoms with E-state index in [1.165, 1.54) is 12.4 Å². The number of halogens is 3. The molecule has 0 bridgehead atoms. The Morgan fingerprint density at radius 1 is 1.00 bits per heavy atom. The number of hydrogen-bond acceptors (Lipinski definition) is 4. The van der Waals surface area contributed by atoms with E-state index in [1.54, 1.807) is 19.2 Å². The minimum absolute atomic E-state index is 0.225. The van der Waals surface area contributed by atoms with E-state index in [2.05, 4.69) is 15.3 Å². The molecular weight excluding hydrogens is 343 g/mol. The molecule has 0 spiro atoms. The Kier molecular flexibility index (Phi) is 5.06. The predicted octanol–water partition coefficient (Wildman–Crippen LogP) is 4.78. The van der Waals surface area contributed by atoms with Crippen LogP contribution < -0.4 is 10.1 Å². The van der Waals surface area contributed by atoms with Gasteiger partial charge >= 0.3 is 6.18 Å². The molecule has 7 heteroatoms. The Morgan fingerprint density at radius 3 is 2.46 bits per heavy atom. The predicted molar refractivity (Wildman–Crippen MR) is 92.8 cm³/mol. The standard InChI is InChI=1S/C19H16F3N3O/c1-26-16-7-5-14(6-8-16)17-10-18(25-12-24-17)23-11-13-3-2-4-15(9-13)19(20,21)22/h2-10,12H,11H2,1H3,(H,23,24,25). The van der Waals surface area contributed by atoms with Gasteiger partial charge in [-0.05, 0) is 42.0 Å². The van der Waals surface area contributed by atoms with E-state index in [1.807, 2.05) is 24.3 Å². The number of aromatic nitrogens is 2. The van der Waals surface area contributed by atoms with Crippen LogP contribution in [0.4, 0.5) is 19.0 Å². The molecule has 26 heavy (non-hydrogen) atoms. The van der Waals surface area contributed by atoms with Crippen LogP contribution in [0.25, 0.3) is 11.3 Å². The van der Waals surface area contributed by atoms with Gasteiger partial charge in [0.1, 0.15) is 17.9 Å². The van der Waals surface area contributed by atoms with Gasteiger partial charge in [0, 0.05) is 18.2 Å². The number of hydrogen-bond donors (Lipinski definition) is 1. The fraction of sp³-hybridized carbons (Fsp3) is 0.158. The lowest BCUT2D eigenvalue weighted by Crippen LogP contribution is -2.07. The lowest BCUT2D eigenvalue weighted by molar-refractivity contribution is -0.137. The van der Waals surface area contributed by atoms with Gasteiger partial charge in [0.25, 0.3) is 0 Å². The van der Waals surface area contributed by atoms with Crippen molar-refractivity contribution in [3.8, 4) is 17.0 Å². The van der Waals surface area contributed by atoms with Crippen molar-refractivity contribution in [3.63, 3.8) is 0 Å². The number of anilines is 1. The normalized spacial score (nSPS) is 11.2. The molecule has 0 amide bonds. The third-order valence-electron chi connectivity index (χ3n) is 3.78. The van der Waals surface area contributed by atoms with Crippen molar-refractivity contribution in [3.05, 3.63) is 72.1 Å². The number of ether oxygens (including phenoxy) is 1. The fourth-order valence-corrected chi connectivity index (χ4v) is 2.42. The Hall–Kier alpha value is -3.09. The second kappa shape index (κ2) is 7.43. The average Bonchev–Trinajstić information content (AvgIpc) is 2.66. The first kappa shape index (κ1) is 17.7. The van der Waals surface area contributed by atoms with Crippen molar-refractivity contribution in [2.24, 2.45) is 0 Å². The molecule has 0 saturated heterocycles. The van der Waals surface area contributed by atoms with Crippen LogP contribution in [-0.2, 0) is 12.7 Å². The zero-order valence-electron chi connectivity index (χ0n) is 13.9. The SMILES string of the molecule is COc1ccc(-c2cc(NCc3cccc(C(F)(F)F)c3)ncn2)cc1. The van der Waals surface area contributed by atoms with E-state index in [9.17, 15) is 13.2 Å². The van der Waals surface area contributed by atoms with Gasteiger partial charge in [0.2, 0.25) is 0 Å². The lowest BCUT2D eigenvalue weighted by atomic mass is 10.1. The molecule has 1 aromatic heterocycles. The zero-order chi connectivity index (χ0) is 18.6. The van der Waals surface area contributed by atoms with Crippen LogP contribution in [0.1, 0.15) is 11.1 Å². The average molecular weight is 359 g/mol. The summed E-state index contributed by atoms with van der Waals surface area (Å²) in [6, 6.07) is 14.3. The molecule has 0 unspecified atom stereocenters. The maximum absolute atomic E-state index is 12.8. The first-order valence-corrected chi connectivity index (χ1v) is 7.82. The smallest absolute Gasteiger partial charge is 0.416 e. The summed E-state index contributed by atoms with van der Waals surface area (Å²) in [4.78, 5) is 8.34. The zero-order valence-corrected chi connectivity index (χ0v) is 13.9. The monoisotopic (exact) mass is 359 g/mol. The first-order chi connectivity index (χ1) is 12.5. The highest BCUT2D eigenvalue weighted by Crippen LogP contribution is 2.29. The molecule has 0 atom stereocenters. The second-order valence-corrected chi connectivity index (χ2v) is 5.57. The summed E-state index contributed by atoms with van der Waals surface area (Å²) < 4.78 is 43.5. The molecule has 4 nitrogen and oxygen atoms in total. The van der Waals surface area contributed by atoms with Crippen molar-refractivity contribution in [1.82, 2.24) is 9.97 Å². The number of rotatable bonds is 5. The molecular formula is C19H16F3N3O. The second-order valence-electron chi connectivity index (χ2n) is 5.57. The van der Waals surface area contributed by atoms with Gasteiger partial charge in [-0.25, -0.2) is 9.97 Å². The summed E-state index contributed by atoms with van der Waals surface area (Å²) in [5.74, 6) is 1.27. The number of nitrogens with one attached hydrogen (secondary N) is 1. The third kappa shape index (κ3) is 4.30. The van der Waals surface area contributed by atoms with Crippen molar-refractivity contribution in [1.29, 1.82) is 0 Å². The van der Waals surface area contributed by atoms with Crippen molar-refractivity contribution < 1.29 is 17.9 Å². The van der Waals surface area contributed by atoms with E-state index in [0.717, 1.165) is 23.4 Å². The summed E-state index contributed by atoms with van der Waals surface area (Å²) in [7, 11) is 1.59. The van der Waals surface area contributed by atoms with Crippen LogP contribution >= 0.6 is 0 Å². The Balaban J connectivity index is 1.73. The Morgan fingerprint density at radius 2 is 1.77 bits per heavy atom. The first-order valence-electron chi connectivity index (χ1n) is 7.82. The maximum atomic E-state index is 12.8. The minimum atomic E-state index is -4.35. The fourth-order valence-electron chi connectivity index (χ4n) is 2.42. The molecule has 134 valence electrons. The topological polar surface area (TPSA) is 47.0 Å². The highest BCUT2D eigenvalue weighted by Gasteiger charge is 2.30. The van der Waals surface area contributed by atoms with Gasteiger partial charge in [-0.2, -0.15) is 13.2 Å². The number of nitrogens with zero attached hydrogens (tertiary/aromatic N) is 2. The van der Waals surface area contributed by atoms with E-state index in [-0.39, 0.29) is 6.54 Å². The largest absolute Gasteiger partial charge is 0.497 e. The van der Waals surface area contributed by atoms with Crippen molar-refractivity contribution in [2.45, 2.75) is 12.7 Å². The Labute approximate surface area is 148 Å². The van der Waals surface area contributed by atoms with Gasteiger partial charge in [-0.1, -0.05) is 12.1 Å². The van der Waals surface area contributed by atoms with E-state index in [4.69, 9.17) is 4.74 Å². The van der Waals surface area contributed by atoms with Crippen LogP contribution in [0.15, 0.2) is 60.9 Å². The summed E-state index contributed by atoms with van der Waals surface area (Å²) >= 11 is 0. The van der Waals surface area contributed by atoms with Gasteiger partial charge in [0.15, 0.2) is 0 Å². The van der Waals surface area contributed by atoms with Gasteiger partial charge < -0.3 is 10.1 Å². The number of methoxy groups -OCH3 is 1. The molecule has 0 radical (unpaired) electrons. The van der Waals surface area contributed by atoms with Crippen LogP contribution in [0.2, 0.25) is 0 Å². The highest BCUT2D eigenvalue weighted by atomic mass is 19.4. The van der Waals surface area contributed by atoms with Gasteiger partial charge in [-0.15, -0.1) is 0 Å². The van der Waals surface area contributed by atoms with Gasteiger partial charge in [0.05, 0.1) is 18.4 Å². The summed E-state index contributed by atoms with van der Waals surface area (Å²) in [5, 5.41) is 3.03. The third-order valence-corrected chi connectivity index (χ3v) is 3.78. The molecule has 3 aromatic rings. The van der Waals surface area contributed by atoms with Crippen LogP contribution in [0.5, 0.6) is 5.75 Å². The van der Waals surface area contributed by atoms with E-state index >= 15 is 0 Å². The molecule has 1 heterocycles. The molecule has 2 aromatic carbocycles. The van der Waals surface area contributed by atoms with Crippen LogP contribution in [0.3, 0.4) is 0 Å². The van der Waals surface area contributed by atoms with E-state index in [0.29, 0.717) is 17.1 Å². The highest BCUT2D eigenvalue weighted by molar-refractivity contribution is 5.62. The summed E-state index contributed by atoms with van der Waals surface area (Å²) in [6.07, 6.45) is -2.94. The lowest BCUT2D eigenvalue weighted by Gasteiger charge is -2.10. The molecule has 3 rings (SSSR count). The van der Waals surface area contributed by atoms with Gasteiger partial charge in [-0.3, -0.25) is 0 Å². The number of benzene rings is 2. The Bertz CT molecular complexity index is 880. The molecule has 1 N–H and O–H groups in total. The van der Waals surface area contributed by atoms with Crippen molar-refractivity contribution in [2.75, 3.05) is 12.4 Å². The number of alkyl halides is 3. The minimum Gasteiger partial charge on any atom is -0.497 e. The molecule has 0 fully saturated rings.